The number of rotatable bonds is 9. The Morgan fingerprint density at radius 3 is 2.44 bits per heavy atom. The number of hydrogen-bond donors (Lipinski definition) is 3. The summed E-state index contributed by atoms with van der Waals surface area (Å²) in [5, 5.41) is 6.24. The van der Waals surface area contributed by atoms with Gasteiger partial charge in [0.05, 0.1) is 11.5 Å². The number of nitrogens with one attached hydrogen (secondary N) is 3. The van der Waals surface area contributed by atoms with Crippen molar-refractivity contribution in [3.63, 3.8) is 0 Å². The second-order valence-electron chi connectivity index (χ2n) is 6.92. The van der Waals surface area contributed by atoms with Crippen LogP contribution in [-0.2, 0) is 19.6 Å². The van der Waals surface area contributed by atoms with Crippen molar-refractivity contribution < 1.29 is 17.9 Å². The first-order valence-corrected chi connectivity index (χ1v) is 10.4. The van der Waals surface area contributed by atoms with Crippen molar-refractivity contribution in [2.75, 3.05) is 39.9 Å². The Bertz CT molecular complexity index is 684. The summed E-state index contributed by atoms with van der Waals surface area (Å²) in [4.78, 5) is 12.3. The molecule has 0 spiro atoms. The van der Waals surface area contributed by atoms with Gasteiger partial charge in [0.2, 0.25) is 15.9 Å². The van der Waals surface area contributed by atoms with E-state index < -0.39 is 10.0 Å². The monoisotopic (exact) mass is 419 g/mol. The van der Waals surface area contributed by atoms with Gasteiger partial charge in [-0.05, 0) is 45.0 Å². The van der Waals surface area contributed by atoms with Gasteiger partial charge in [0.1, 0.15) is 0 Å². The topological polar surface area (TPSA) is 96.5 Å². The van der Waals surface area contributed by atoms with Crippen LogP contribution in [0.25, 0.3) is 0 Å². The molecule has 1 fully saturated rings. The highest BCUT2D eigenvalue weighted by atomic mass is 35.5. The van der Waals surface area contributed by atoms with Crippen LogP contribution in [0.4, 0.5) is 0 Å². The van der Waals surface area contributed by atoms with Gasteiger partial charge in [-0.2, -0.15) is 0 Å². The van der Waals surface area contributed by atoms with Crippen LogP contribution in [0.2, 0.25) is 0 Å². The number of carbonyl (C=O) groups excluding carboxylic acids is 1. The molecule has 0 atom stereocenters. The third-order valence-electron chi connectivity index (χ3n) is 4.75. The van der Waals surface area contributed by atoms with Crippen LogP contribution in [0.3, 0.4) is 0 Å². The van der Waals surface area contributed by atoms with E-state index in [4.69, 9.17) is 4.74 Å². The first-order chi connectivity index (χ1) is 12.4. The number of methoxy groups -OCH3 is 1. The lowest BCUT2D eigenvalue weighted by atomic mass is 9.79. The second kappa shape index (κ2) is 11.0. The number of ether oxygens (including phenoxy) is 1. The zero-order chi connectivity index (χ0) is 19.0. The fourth-order valence-electron chi connectivity index (χ4n) is 3.11. The van der Waals surface area contributed by atoms with E-state index in [0.717, 1.165) is 31.5 Å². The normalized spacial score (nSPS) is 16.4. The fraction of sp³-hybridized carbons (Fsp3) is 0.611. The van der Waals surface area contributed by atoms with Gasteiger partial charge in [-0.1, -0.05) is 17.7 Å². The molecule has 9 heteroatoms. The lowest BCUT2D eigenvalue weighted by Gasteiger charge is -2.37. The minimum absolute atomic E-state index is 0. The van der Waals surface area contributed by atoms with E-state index in [0.29, 0.717) is 13.2 Å². The number of benzene rings is 1. The van der Waals surface area contributed by atoms with Gasteiger partial charge in [-0.25, -0.2) is 13.1 Å². The minimum atomic E-state index is -3.59. The Kier molecular flexibility index (Phi) is 9.69. The van der Waals surface area contributed by atoms with Crippen molar-refractivity contribution in [2.45, 2.75) is 31.1 Å². The molecule has 2 rings (SSSR count). The van der Waals surface area contributed by atoms with Crippen molar-refractivity contribution in [1.29, 1.82) is 0 Å². The maximum atomic E-state index is 12.2. The average molecular weight is 420 g/mol. The number of amides is 1. The number of piperidine rings is 1. The molecule has 0 radical (unpaired) electrons. The second-order valence-corrected chi connectivity index (χ2v) is 8.69. The molecule has 1 heterocycles. The predicted molar refractivity (Wildman–Crippen MR) is 108 cm³/mol. The molecule has 1 aromatic carbocycles. The molecule has 0 bridgehead atoms. The van der Waals surface area contributed by atoms with E-state index in [-0.39, 0.29) is 41.6 Å². The zero-order valence-electron chi connectivity index (χ0n) is 15.9. The average Bonchev–Trinajstić information content (AvgIpc) is 2.61. The van der Waals surface area contributed by atoms with Crippen molar-refractivity contribution in [2.24, 2.45) is 5.41 Å². The predicted octanol–water partition coefficient (Wildman–Crippen LogP) is 1.22. The highest BCUT2D eigenvalue weighted by molar-refractivity contribution is 7.89. The van der Waals surface area contributed by atoms with E-state index in [9.17, 15) is 13.2 Å². The summed E-state index contributed by atoms with van der Waals surface area (Å²) in [6.07, 6.45) is 1.99. The standard InChI is InChI=1S/C18H29N3O4S.ClH/c1-15-3-5-16(6-4-15)26(23,24)21-10-7-17(22)20-13-18(14-25-2)8-11-19-12-9-18;/h3-6,19,21H,7-14H2,1-2H3,(H,20,22);1H. The summed E-state index contributed by atoms with van der Waals surface area (Å²) < 4.78 is 32.2. The quantitative estimate of drug-likeness (QED) is 0.559. The molecule has 1 aromatic rings. The number of hydrogen-bond acceptors (Lipinski definition) is 5. The van der Waals surface area contributed by atoms with E-state index in [1.807, 2.05) is 6.92 Å². The molecule has 1 amide bonds. The van der Waals surface area contributed by atoms with Gasteiger partial charge >= 0.3 is 0 Å². The van der Waals surface area contributed by atoms with Gasteiger partial charge in [0, 0.05) is 32.0 Å². The number of carbonyl (C=O) groups is 1. The van der Waals surface area contributed by atoms with Gasteiger partial charge < -0.3 is 15.4 Å². The highest BCUT2D eigenvalue weighted by Gasteiger charge is 2.32. The van der Waals surface area contributed by atoms with Crippen molar-refractivity contribution in [3.05, 3.63) is 29.8 Å². The first kappa shape index (κ1) is 23.8. The summed E-state index contributed by atoms with van der Waals surface area (Å²) in [5.74, 6) is -0.161. The third kappa shape index (κ3) is 7.38. The van der Waals surface area contributed by atoms with Crippen molar-refractivity contribution in [3.8, 4) is 0 Å². The Hall–Kier alpha value is -1.19. The van der Waals surface area contributed by atoms with E-state index >= 15 is 0 Å². The lowest BCUT2D eigenvalue weighted by molar-refractivity contribution is -0.121. The summed E-state index contributed by atoms with van der Waals surface area (Å²) in [7, 11) is -1.91. The molecule has 0 saturated carbocycles. The Morgan fingerprint density at radius 2 is 1.85 bits per heavy atom. The molecule has 1 aliphatic rings. The summed E-state index contributed by atoms with van der Waals surface area (Å²) in [6, 6.07) is 6.61. The van der Waals surface area contributed by atoms with Gasteiger partial charge in [0.15, 0.2) is 0 Å². The Labute approximate surface area is 168 Å². The van der Waals surface area contributed by atoms with E-state index in [1.165, 1.54) is 0 Å². The maximum absolute atomic E-state index is 12.2. The number of halogens is 1. The maximum Gasteiger partial charge on any atom is 0.240 e. The molecule has 1 aliphatic heterocycles. The fourth-order valence-corrected chi connectivity index (χ4v) is 4.14. The molecular weight excluding hydrogens is 390 g/mol. The first-order valence-electron chi connectivity index (χ1n) is 8.90. The molecule has 7 nitrogen and oxygen atoms in total. The van der Waals surface area contributed by atoms with E-state index in [2.05, 4.69) is 15.4 Å². The van der Waals surface area contributed by atoms with Crippen LogP contribution in [-0.4, -0.2) is 54.2 Å². The van der Waals surface area contributed by atoms with Crippen LogP contribution in [0.1, 0.15) is 24.8 Å². The molecule has 154 valence electrons. The minimum Gasteiger partial charge on any atom is -0.384 e. The molecule has 0 aromatic heterocycles. The van der Waals surface area contributed by atoms with Gasteiger partial charge in [0.25, 0.3) is 0 Å². The number of sulfonamides is 1. The smallest absolute Gasteiger partial charge is 0.240 e. The van der Waals surface area contributed by atoms with Crippen LogP contribution in [0.5, 0.6) is 0 Å². The lowest BCUT2D eigenvalue weighted by Crippen LogP contribution is -2.47. The third-order valence-corrected chi connectivity index (χ3v) is 6.23. The van der Waals surface area contributed by atoms with Crippen LogP contribution in [0.15, 0.2) is 29.2 Å². The zero-order valence-corrected chi connectivity index (χ0v) is 17.5. The Morgan fingerprint density at radius 1 is 1.22 bits per heavy atom. The largest absolute Gasteiger partial charge is 0.384 e. The SMILES string of the molecule is COCC1(CNC(=O)CCNS(=O)(=O)c2ccc(C)cc2)CCNCC1.Cl. The molecule has 27 heavy (non-hydrogen) atoms. The van der Waals surface area contributed by atoms with Crippen LogP contribution in [0, 0.1) is 12.3 Å². The van der Waals surface area contributed by atoms with E-state index in [1.54, 1.807) is 31.4 Å². The molecule has 3 N–H and O–H groups in total. The summed E-state index contributed by atoms with van der Waals surface area (Å²) >= 11 is 0. The van der Waals surface area contributed by atoms with Crippen molar-refractivity contribution >= 4 is 28.3 Å². The Balaban J connectivity index is 0.00000364. The number of aryl methyl sites for hydroxylation is 1. The van der Waals surface area contributed by atoms with Gasteiger partial charge in [-0.3, -0.25) is 4.79 Å². The highest BCUT2D eigenvalue weighted by Crippen LogP contribution is 2.28. The molecule has 1 saturated heterocycles. The van der Waals surface area contributed by atoms with Crippen LogP contribution < -0.4 is 15.4 Å². The van der Waals surface area contributed by atoms with Crippen LogP contribution >= 0.6 is 12.4 Å². The van der Waals surface area contributed by atoms with Gasteiger partial charge in [-0.15, -0.1) is 12.4 Å². The molecular formula is C18H30ClN3O4S. The summed E-state index contributed by atoms with van der Waals surface area (Å²) in [6.45, 7) is 4.94. The molecule has 0 aliphatic carbocycles. The van der Waals surface area contributed by atoms with Crippen molar-refractivity contribution in [1.82, 2.24) is 15.4 Å². The molecule has 0 unspecified atom stereocenters. The summed E-state index contributed by atoms with van der Waals surface area (Å²) in [5.41, 5.74) is 0.947.